The number of hydrogen-bond donors (Lipinski definition) is 2. The van der Waals surface area contributed by atoms with E-state index in [1.54, 1.807) is 32.4 Å². The van der Waals surface area contributed by atoms with Gasteiger partial charge in [0.25, 0.3) is 5.91 Å². The Labute approximate surface area is 167 Å². The Morgan fingerprint density at radius 3 is 2.68 bits per heavy atom. The lowest BCUT2D eigenvalue weighted by atomic mass is 10.0. The third-order valence-corrected chi connectivity index (χ3v) is 5.18. The van der Waals surface area contributed by atoms with E-state index in [0.29, 0.717) is 16.5 Å². The average molecular weight is 398 g/mol. The summed E-state index contributed by atoms with van der Waals surface area (Å²) in [6.07, 6.45) is 3.49. The fraction of sp³-hybridized carbons (Fsp3) is 0.250. The van der Waals surface area contributed by atoms with Crippen LogP contribution >= 0.6 is 11.3 Å². The van der Waals surface area contributed by atoms with E-state index in [1.807, 2.05) is 47.5 Å². The van der Waals surface area contributed by atoms with E-state index in [0.717, 1.165) is 5.56 Å². The summed E-state index contributed by atoms with van der Waals surface area (Å²) in [7, 11) is 3.46. The molecule has 0 saturated carbocycles. The molecule has 2 N–H and O–H groups in total. The van der Waals surface area contributed by atoms with Gasteiger partial charge in [0.2, 0.25) is 5.91 Å². The van der Waals surface area contributed by atoms with Crippen molar-refractivity contribution in [3.63, 3.8) is 0 Å². The minimum absolute atomic E-state index is 0.271. The van der Waals surface area contributed by atoms with Gasteiger partial charge in [0.15, 0.2) is 0 Å². The molecule has 2 heterocycles. The highest BCUT2D eigenvalue weighted by Gasteiger charge is 2.25. The number of carbonyl (C=O) groups excluding carboxylic acids is 2. The number of methoxy groups -OCH3 is 1. The van der Waals surface area contributed by atoms with E-state index in [4.69, 9.17) is 4.74 Å². The van der Waals surface area contributed by atoms with Crippen LogP contribution in [-0.2, 0) is 11.8 Å². The molecule has 0 aliphatic heterocycles. The number of rotatable bonds is 7. The van der Waals surface area contributed by atoms with Gasteiger partial charge in [0.1, 0.15) is 23.7 Å². The first kappa shape index (κ1) is 19.6. The van der Waals surface area contributed by atoms with Crippen LogP contribution < -0.4 is 15.4 Å². The van der Waals surface area contributed by atoms with E-state index in [2.05, 4.69) is 15.6 Å². The van der Waals surface area contributed by atoms with Crippen LogP contribution in [0, 0.1) is 0 Å². The molecule has 0 aliphatic carbocycles. The van der Waals surface area contributed by atoms with Gasteiger partial charge in [-0.05, 0) is 36.1 Å². The Morgan fingerprint density at radius 1 is 1.21 bits per heavy atom. The number of benzene rings is 1. The summed E-state index contributed by atoms with van der Waals surface area (Å²) in [5.41, 5.74) is 0.832. The lowest BCUT2D eigenvalue weighted by Crippen LogP contribution is -2.46. The van der Waals surface area contributed by atoms with Crippen LogP contribution in [0.25, 0.3) is 0 Å². The predicted octanol–water partition coefficient (Wildman–Crippen LogP) is 2.51. The first-order valence-corrected chi connectivity index (χ1v) is 9.63. The first-order valence-electron chi connectivity index (χ1n) is 8.75. The highest BCUT2D eigenvalue weighted by Crippen LogP contribution is 2.24. The smallest absolute Gasteiger partial charge is 0.261 e. The van der Waals surface area contributed by atoms with E-state index in [9.17, 15) is 9.59 Å². The van der Waals surface area contributed by atoms with Gasteiger partial charge in [0.05, 0.1) is 12.0 Å². The molecular formula is C20H22N4O3S. The molecule has 3 aromatic rings. The topological polar surface area (TPSA) is 85.2 Å². The number of thiophene rings is 1. The van der Waals surface area contributed by atoms with Crippen molar-refractivity contribution in [2.45, 2.75) is 19.0 Å². The Balaban J connectivity index is 1.80. The number of imidazole rings is 1. The molecule has 0 aliphatic rings. The number of nitrogens with zero attached hydrogens (tertiary/aromatic N) is 2. The molecule has 146 valence electrons. The zero-order valence-corrected chi connectivity index (χ0v) is 16.7. The molecule has 28 heavy (non-hydrogen) atoms. The van der Waals surface area contributed by atoms with Gasteiger partial charge in [-0.15, -0.1) is 11.3 Å². The summed E-state index contributed by atoms with van der Waals surface area (Å²) in [6.45, 7) is 1.65. The molecule has 3 rings (SSSR count). The molecule has 8 heteroatoms. The number of aromatic nitrogens is 2. The second-order valence-electron chi connectivity index (χ2n) is 6.29. The van der Waals surface area contributed by atoms with E-state index >= 15 is 0 Å². The molecule has 0 fully saturated rings. The maximum Gasteiger partial charge on any atom is 0.261 e. The number of aryl methyl sites for hydroxylation is 1. The Bertz CT molecular complexity index is 952. The molecule has 1 aromatic carbocycles. The van der Waals surface area contributed by atoms with E-state index in [-0.39, 0.29) is 11.8 Å². The van der Waals surface area contributed by atoms with Gasteiger partial charge in [-0.2, -0.15) is 0 Å². The van der Waals surface area contributed by atoms with Crippen LogP contribution in [0.3, 0.4) is 0 Å². The second kappa shape index (κ2) is 8.71. The Morgan fingerprint density at radius 2 is 2.04 bits per heavy atom. The monoisotopic (exact) mass is 398 g/mol. The number of carbonyl (C=O) groups is 2. The van der Waals surface area contributed by atoms with Gasteiger partial charge < -0.3 is 19.9 Å². The minimum atomic E-state index is -0.706. The van der Waals surface area contributed by atoms with E-state index in [1.165, 1.54) is 11.3 Å². The third kappa shape index (κ3) is 4.40. The number of ether oxygens (including phenoxy) is 1. The summed E-state index contributed by atoms with van der Waals surface area (Å²) in [5, 5.41) is 7.54. The number of nitrogens with one attached hydrogen (secondary N) is 2. The highest BCUT2D eigenvalue weighted by atomic mass is 32.1. The van der Waals surface area contributed by atoms with Gasteiger partial charge in [-0.1, -0.05) is 18.2 Å². The van der Waals surface area contributed by atoms with Crippen LogP contribution in [0.1, 0.15) is 34.0 Å². The fourth-order valence-electron chi connectivity index (χ4n) is 2.78. The van der Waals surface area contributed by atoms with Gasteiger partial charge >= 0.3 is 0 Å². The fourth-order valence-corrected chi connectivity index (χ4v) is 3.41. The molecule has 2 unspecified atom stereocenters. The summed E-state index contributed by atoms with van der Waals surface area (Å²) >= 11 is 1.33. The second-order valence-corrected chi connectivity index (χ2v) is 7.23. The maximum absolute atomic E-state index is 12.8. The molecule has 0 radical (unpaired) electrons. The minimum Gasteiger partial charge on any atom is -0.497 e. The van der Waals surface area contributed by atoms with Crippen LogP contribution in [0.5, 0.6) is 5.75 Å². The van der Waals surface area contributed by atoms with Crippen molar-refractivity contribution in [1.29, 1.82) is 0 Å². The van der Waals surface area contributed by atoms with Gasteiger partial charge in [0, 0.05) is 19.4 Å². The molecule has 2 atom stereocenters. The standard InChI is InChI=1S/C20H22N4O3S/c1-13(22-20(26)16-8-5-11-28-16)19(25)23-17(18-21-9-10-24(18)2)14-6-4-7-15(12-14)27-3/h4-13,17H,1-3H3,(H,22,26)(H,23,25). The van der Waals surface area contributed by atoms with Crippen molar-refractivity contribution >= 4 is 23.2 Å². The van der Waals surface area contributed by atoms with E-state index < -0.39 is 12.1 Å². The van der Waals surface area contributed by atoms with Crippen molar-refractivity contribution in [3.8, 4) is 5.75 Å². The summed E-state index contributed by atoms with van der Waals surface area (Å²) < 4.78 is 7.15. The molecular weight excluding hydrogens is 376 g/mol. The predicted molar refractivity (Wildman–Crippen MR) is 107 cm³/mol. The van der Waals surface area contributed by atoms with Crippen LogP contribution in [-0.4, -0.2) is 34.5 Å². The molecule has 2 amide bonds. The van der Waals surface area contributed by atoms with Crippen LogP contribution in [0.15, 0.2) is 54.2 Å². The normalized spacial score (nSPS) is 12.8. The van der Waals surface area contributed by atoms with Crippen LogP contribution in [0.2, 0.25) is 0 Å². The van der Waals surface area contributed by atoms with Gasteiger partial charge in [-0.3, -0.25) is 9.59 Å². The number of hydrogen-bond acceptors (Lipinski definition) is 5. The lowest BCUT2D eigenvalue weighted by Gasteiger charge is -2.22. The van der Waals surface area contributed by atoms with Crippen molar-refractivity contribution in [1.82, 2.24) is 20.2 Å². The quantitative estimate of drug-likeness (QED) is 0.640. The molecule has 0 bridgehead atoms. The summed E-state index contributed by atoms with van der Waals surface area (Å²) in [4.78, 5) is 30.0. The summed E-state index contributed by atoms with van der Waals surface area (Å²) in [6, 6.07) is 9.78. The maximum atomic E-state index is 12.8. The van der Waals surface area contributed by atoms with Crippen molar-refractivity contribution in [3.05, 3.63) is 70.4 Å². The zero-order chi connectivity index (χ0) is 20.1. The zero-order valence-electron chi connectivity index (χ0n) is 15.9. The Hall–Kier alpha value is -3.13. The number of amides is 2. The molecule has 0 saturated heterocycles. The Kier molecular flexibility index (Phi) is 6.10. The lowest BCUT2D eigenvalue weighted by molar-refractivity contribution is -0.123. The SMILES string of the molecule is COc1cccc(C(NC(=O)C(C)NC(=O)c2cccs2)c2nccn2C)c1. The van der Waals surface area contributed by atoms with Crippen molar-refractivity contribution in [2.75, 3.05) is 7.11 Å². The van der Waals surface area contributed by atoms with Crippen LogP contribution in [0.4, 0.5) is 0 Å². The van der Waals surface area contributed by atoms with Gasteiger partial charge in [-0.25, -0.2) is 4.98 Å². The highest BCUT2D eigenvalue weighted by molar-refractivity contribution is 7.12. The largest absolute Gasteiger partial charge is 0.497 e. The van der Waals surface area contributed by atoms with Crippen molar-refractivity contribution in [2.24, 2.45) is 7.05 Å². The van der Waals surface area contributed by atoms with Crippen molar-refractivity contribution < 1.29 is 14.3 Å². The molecule has 7 nitrogen and oxygen atoms in total. The molecule has 2 aromatic heterocycles. The summed E-state index contributed by atoms with van der Waals surface area (Å²) in [5.74, 6) is 0.789. The third-order valence-electron chi connectivity index (χ3n) is 4.32. The molecule has 0 spiro atoms. The average Bonchev–Trinajstić information content (AvgIpc) is 3.38. The first-order chi connectivity index (χ1) is 13.5.